The van der Waals surface area contributed by atoms with E-state index in [0.29, 0.717) is 24.8 Å². The molecular weight excluding hydrogens is 367 g/mol. The molecule has 0 unspecified atom stereocenters. The number of piperidine rings is 1. The molecule has 1 aliphatic carbocycles. The number of hydrogen-bond donors (Lipinski definition) is 1. The number of nitrogens with one attached hydrogen (secondary N) is 1. The molecule has 2 aliphatic rings. The molecule has 0 saturated carbocycles. The lowest BCUT2D eigenvalue weighted by molar-refractivity contribution is -0.148. The summed E-state index contributed by atoms with van der Waals surface area (Å²) in [4.78, 5) is 15.3. The Hall–Kier alpha value is -2.22. The highest BCUT2D eigenvalue weighted by Crippen LogP contribution is 2.29. The van der Waals surface area contributed by atoms with Crippen LogP contribution in [-0.4, -0.2) is 52.2 Å². The number of rotatable bonds is 5. The topological polar surface area (TPSA) is 53.9 Å². The molecule has 0 bridgehead atoms. The van der Waals surface area contributed by atoms with Gasteiger partial charge in [-0.25, -0.2) is 9.97 Å². The summed E-state index contributed by atoms with van der Waals surface area (Å²) in [6.45, 7) is 0.908. The van der Waals surface area contributed by atoms with Gasteiger partial charge < -0.3 is 5.32 Å². The Balaban J connectivity index is 1.41. The van der Waals surface area contributed by atoms with Crippen molar-refractivity contribution < 1.29 is 13.2 Å². The van der Waals surface area contributed by atoms with Crippen molar-refractivity contribution in [2.45, 2.75) is 38.3 Å². The van der Waals surface area contributed by atoms with Crippen LogP contribution in [0.4, 0.5) is 19.0 Å². The van der Waals surface area contributed by atoms with Crippen LogP contribution in [-0.2, 0) is 12.8 Å². The van der Waals surface area contributed by atoms with Crippen LogP contribution >= 0.6 is 0 Å². The zero-order valence-corrected chi connectivity index (χ0v) is 15.7. The summed E-state index contributed by atoms with van der Waals surface area (Å²) in [5.74, 6) is 1.85. The van der Waals surface area contributed by atoms with Crippen molar-refractivity contribution in [1.29, 1.82) is 0 Å². The summed E-state index contributed by atoms with van der Waals surface area (Å²) in [5.41, 5.74) is 3.01. The molecule has 1 N–H and O–H groups in total. The quantitative estimate of drug-likeness (QED) is 0.842. The summed E-state index contributed by atoms with van der Waals surface area (Å²) < 4.78 is 37.6. The van der Waals surface area contributed by atoms with Gasteiger partial charge in [0.2, 0.25) is 0 Å². The molecule has 1 aliphatic heterocycles. The number of aryl methyl sites for hydroxylation is 1. The fraction of sp³-hybridized carbons (Fsp3) is 0.550. The monoisotopic (exact) mass is 391 g/mol. The maximum atomic E-state index is 12.5. The minimum absolute atomic E-state index is 0.356. The zero-order chi connectivity index (χ0) is 19.6. The number of halogens is 3. The van der Waals surface area contributed by atoms with E-state index in [9.17, 15) is 13.2 Å². The molecule has 4 rings (SSSR count). The molecule has 3 heterocycles. The van der Waals surface area contributed by atoms with E-state index < -0.39 is 12.7 Å². The minimum Gasteiger partial charge on any atom is -0.369 e. The third-order valence-corrected chi connectivity index (χ3v) is 5.50. The molecule has 2 aromatic rings. The highest BCUT2D eigenvalue weighted by molar-refractivity contribution is 5.57. The Morgan fingerprint density at radius 2 is 1.93 bits per heavy atom. The Labute approximate surface area is 162 Å². The van der Waals surface area contributed by atoms with E-state index >= 15 is 0 Å². The first-order valence-electron chi connectivity index (χ1n) is 9.82. The van der Waals surface area contributed by atoms with E-state index in [4.69, 9.17) is 9.97 Å². The van der Waals surface area contributed by atoms with Gasteiger partial charge in [-0.05, 0) is 63.2 Å². The first-order valence-corrected chi connectivity index (χ1v) is 9.82. The second kappa shape index (κ2) is 8.03. The maximum Gasteiger partial charge on any atom is 0.401 e. The van der Waals surface area contributed by atoms with Gasteiger partial charge in [0, 0.05) is 24.0 Å². The third kappa shape index (κ3) is 4.60. The summed E-state index contributed by atoms with van der Waals surface area (Å²) >= 11 is 0. The average Bonchev–Trinajstić information content (AvgIpc) is 3.15. The van der Waals surface area contributed by atoms with Gasteiger partial charge in [-0.15, -0.1) is 0 Å². The zero-order valence-electron chi connectivity index (χ0n) is 15.7. The number of aromatic nitrogens is 3. The number of hydrogen-bond acceptors (Lipinski definition) is 5. The summed E-state index contributed by atoms with van der Waals surface area (Å²) in [6, 6.07) is 5.68. The summed E-state index contributed by atoms with van der Waals surface area (Å²) in [7, 11) is 0. The molecule has 5 nitrogen and oxygen atoms in total. The molecule has 0 spiro atoms. The molecule has 0 atom stereocenters. The van der Waals surface area contributed by atoms with Gasteiger partial charge in [-0.1, -0.05) is 6.07 Å². The van der Waals surface area contributed by atoms with E-state index in [2.05, 4.69) is 10.3 Å². The lowest BCUT2D eigenvalue weighted by Gasteiger charge is -2.32. The van der Waals surface area contributed by atoms with Crippen molar-refractivity contribution >= 4 is 5.82 Å². The SMILES string of the molecule is FC(F)(F)CN1CCC(CNc2nc(-c3ccccn3)nc3c2CCC3)CC1. The van der Waals surface area contributed by atoms with Gasteiger partial charge in [0.15, 0.2) is 5.82 Å². The molecule has 0 aromatic carbocycles. The highest BCUT2D eigenvalue weighted by Gasteiger charge is 2.32. The van der Waals surface area contributed by atoms with Crippen molar-refractivity contribution in [2.24, 2.45) is 5.92 Å². The fourth-order valence-electron chi connectivity index (χ4n) is 4.03. The number of likely N-dealkylation sites (tertiary alicyclic amines) is 1. The molecule has 0 amide bonds. The molecule has 2 aromatic heterocycles. The number of nitrogens with zero attached hydrogens (tertiary/aromatic N) is 4. The number of pyridine rings is 1. The first-order chi connectivity index (χ1) is 13.5. The average molecular weight is 391 g/mol. The van der Waals surface area contributed by atoms with Crippen molar-refractivity contribution in [3.63, 3.8) is 0 Å². The lowest BCUT2D eigenvalue weighted by atomic mass is 9.96. The Kier molecular flexibility index (Phi) is 5.48. The molecule has 8 heteroatoms. The molecule has 1 fully saturated rings. The second-order valence-corrected chi connectivity index (χ2v) is 7.61. The first kappa shape index (κ1) is 19.1. The second-order valence-electron chi connectivity index (χ2n) is 7.61. The fourth-order valence-corrected chi connectivity index (χ4v) is 4.03. The normalized spacial score (nSPS) is 18.2. The predicted octanol–water partition coefficient (Wildman–Crippen LogP) is 3.71. The Morgan fingerprint density at radius 1 is 1.11 bits per heavy atom. The van der Waals surface area contributed by atoms with Gasteiger partial charge in [-0.2, -0.15) is 13.2 Å². The molecule has 1 saturated heterocycles. The van der Waals surface area contributed by atoms with Crippen LogP contribution in [0.1, 0.15) is 30.5 Å². The van der Waals surface area contributed by atoms with E-state index in [1.54, 1.807) is 6.20 Å². The smallest absolute Gasteiger partial charge is 0.369 e. The van der Waals surface area contributed by atoms with Crippen LogP contribution in [0.15, 0.2) is 24.4 Å². The number of fused-ring (bicyclic) bond motifs is 1. The van der Waals surface area contributed by atoms with Crippen molar-refractivity contribution in [3.05, 3.63) is 35.7 Å². The van der Waals surface area contributed by atoms with Crippen molar-refractivity contribution in [3.8, 4) is 11.5 Å². The number of anilines is 1. The van der Waals surface area contributed by atoms with E-state index in [1.807, 2.05) is 18.2 Å². The standard InChI is InChI=1S/C20H24F3N5/c21-20(22,23)13-28-10-7-14(8-11-28)12-25-18-15-4-3-6-16(15)26-19(27-18)17-5-1-2-9-24-17/h1-2,5,9,14H,3-4,6-8,10-13H2,(H,25,26,27). The highest BCUT2D eigenvalue weighted by atomic mass is 19.4. The van der Waals surface area contributed by atoms with Crippen LogP contribution in [0.2, 0.25) is 0 Å². The Morgan fingerprint density at radius 3 is 2.64 bits per heavy atom. The van der Waals surface area contributed by atoms with E-state index in [0.717, 1.165) is 55.9 Å². The van der Waals surface area contributed by atoms with E-state index in [1.165, 1.54) is 10.5 Å². The van der Waals surface area contributed by atoms with Crippen LogP contribution in [0.5, 0.6) is 0 Å². The van der Waals surface area contributed by atoms with Gasteiger partial charge in [0.05, 0.1) is 6.54 Å². The van der Waals surface area contributed by atoms with Gasteiger partial charge in [-0.3, -0.25) is 9.88 Å². The van der Waals surface area contributed by atoms with Gasteiger partial charge in [0.25, 0.3) is 0 Å². The predicted molar refractivity (Wildman–Crippen MR) is 101 cm³/mol. The van der Waals surface area contributed by atoms with Crippen LogP contribution < -0.4 is 5.32 Å². The molecule has 28 heavy (non-hydrogen) atoms. The van der Waals surface area contributed by atoms with Crippen LogP contribution in [0.3, 0.4) is 0 Å². The van der Waals surface area contributed by atoms with Gasteiger partial charge in [0.1, 0.15) is 11.5 Å². The van der Waals surface area contributed by atoms with Crippen LogP contribution in [0.25, 0.3) is 11.5 Å². The molecular formula is C20H24F3N5. The summed E-state index contributed by atoms with van der Waals surface area (Å²) in [5, 5.41) is 3.47. The molecule has 0 radical (unpaired) electrons. The van der Waals surface area contributed by atoms with E-state index in [-0.39, 0.29) is 0 Å². The maximum absolute atomic E-state index is 12.5. The van der Waals surface area contributed by atoms with Crippen LogP contribution in [0, 0.1) is 5.92 Å². The largest absolute Gasteiger partial charge is 0.401 e. The molecule has 150 valence electrons. The number of alkyl halides is 3. The third-order valence-electron chi connectivity index (χ3n) is 5.50. The minimum atomic E-state index is -4.12. The van der Waals surface area contributed by atoms with Gasteiger partial charge >= 0.3 is 6.18 Å². The summed E-state index contributed by atoms with van der Waals surface area (Å²) in [6.07, 6.45) is 2.13. The Bertz CT molecular complexity index is 801. The lowest BCUT2D eigenvalue weighted by Crippen LogP contribution is -2.41. The van der Waals surface area contributed by atoms with Crippen molar-refractivity contribution in [2.75, 3.05) is 31.5 Å². The van der Waals surface area contributed by atoms with Crippen molar-refractivity contribution in [1.82, 2.24) is 19.9 Å².